The molecule has 0 unspecified atom stereocenters. The topological polar surface area (TPSA) is 21.7 Å². The molecule has 0 N–H and O–H groups in total. The highest BCUT2D eigenvalue weighted by molar-refractivity contribution is 5.33. The van der Waals surface area contributed by atoms with Crippen molar-refractivity contribution in [1.29, 1.82) is 0 Å². The lowest BCUT2D eigenvalue weighted by Crippen LogP contribution is -2.54. The number of hydrogen-bond donors (Lipinski definition) is 0. The van der Waals surface area contributed by atoms with Crippen LogP contribution in [0.1, 0.15) is 20.3 Å². The molecule has 1 aliphatic rings. The molecule has 18 heavy (non-hydrogen) atoms. The minimum atomic E-state index is 0.337. The van der Waals surface area contributed by atoms with Gasteiger partial charge in [0.05, 0.1) is 7.11 Å². The fourth-order valence-electron chi connectivity index (χ4n) is 2.09. The second-order valence-corrected chi connectivity index (χ2v) is 5.36. The highest BCUT2D eigenvalue weighted by Gasteiger charge is 2.27. The van der Waals surface area contributed by atoms with E-state index in [0.717, 1.165) is 30.5 Å². The van der Waals surface area contributed by atoms with Crippen molar-refractivity contribution in [2.24, 2.45) is 5.92 Å². The number of ether oxygens (including phenoxy) is 2. The van der Waals surface area contributed by atoms with E-state index in [1.807, 2.05) is 24.3 Å². The van der Waals surface area contributed by atoms with E-state index in [0.29, 0.717) is 6.10 Å². The van der Waals surface area contributed by atoms with Crippen LogP contribution in [0.3, 0.4) is 0 Å². The number of hydrogen-bond acceptors (Lipinski definition) is 3. The van der Waals surface area contributed by atoms with Crippen LogP contribution < -0.4 is 9.47 Å². The summed E-state index contributed by atoms with van der Waals surface area (Å²) in [5, 5.41) is 0. The van der Waals surface area contributed by atoms with Gasteiger partial charge >= 0.3 is 0 Å². The first-order chi connectivity index (χ1) is 8.67. The average molecular weight is 249 g/mol. The molecule has 0 spiro atoms. The molecule has 2 rings (SSSR count). The SMILES string of the molecule is COc1cccc(OC2CN(CCC(C)C)C2)c1. The predicted molar refractivity (Wildman–Crippen MR) is 73.3 cm³/mol. The minimum absolute atomic E-state index is 0.337. The Morgan fingerprint density at radius 2 is 2.00 bits per heavy atom. The Bertz CT molecular complexity index is 373. The molecule has 0 amide bonds. The molecule has 100 valence electrons. The van der Waals surface area contributed by atoms with Crippen molar-refractivity contribution in [1.82, 2.24) is 4.90 Å². The summed E-state index contributed by atoms with van der Waals surface area (Å²) in [6, 6.07) is 7.82. The summed E-state index contributed by atoms with van der Waals surface area (Å²) in [5.41, 5.74) is 0. The van der Waals surface area contributed by atoms with Crippen molar-refractivity contribution >= 4 is 0 Å². The molecule has 1 aliphatic heterocycles. The smallest absolute Gasteiger partial charge is 0.124 e. The van der Waals surface area contributed by atoms with E-state index in [2.05, 4.69) is 18.7 Å². The normalized spacial score (nSPS) is 16.7. The molecule has 0 atom stereocenters. The molecule has 0 aromatic heterocycles. The van der Waals surface area contributed by atoms with Gasteiger partial charge in [0.2, 0.25) is 0 Å². The third-order valence-corrected chi connectivity index (χ3v) is 3.29. The van der Waals surface area contributed by atoms with Crippen LogP contribution in [0, 0.1) is 5.92 Å². The Morgan fingerprint density at radius 1 is 1.28 bits per heavy atom. The van der Waals surface area contributed by atoms with E-state index in [1.165, 1.54) is 13.0 Å². The average Bonchev–Trinajstić information content (AvgIpc) is 2.32. The summed E-state index contributed by atoms with van der Waals surface area (Å²) in [6.07, 6.45) is 1.61. The Hall–Kier alpha value is -1.22. The van der Waals surface area contributed by atoms with Crippen LogP contribution in [-0.2, 0) is 0 Å². The third kappa shape index (κ3) is 3.64. The maximum Gasteiger partial charge on any atom is 0.124 e. The summed E-state index contributed by atoms with van der Waals surface area (Å²) in [7, 11) is 1.68. The number of benzene rings is 1. The van der Waals surface area contributed by atoms with E-state index in [9.17, 15) is 0 Å². The van der Waals surface area contributed by atoms with Gasteiger partial charge in [0, 0.05) is 19.2 Å². The van der Waals surface area contributed by atoms with Crippen LogP contribution >= 0.6 is 0 Å². The Balaban J connectivity index is 1.72. The maximum absolute atomic E-state index is 5.91. The fraction of sp³-hybridized carbons (Fsp3) is 0.600. The highest BCUT2D eigenvalue weighted by atomic mass is 16.5. The lowest BCUT2D eigenvalue weighted by atomic mass is 10.1. The second-order valence-electron chi connectivity index (χ2n) is 5.36. The molecule has 1 aromatic rings. The molecule has 3 nitrogen and oxygen atoms in total. The van der Waals surface area contributed by atoms with Crippen LogP contribution in [0.2, 0.25) is 0 Å². The van der Waals surface area contributed by atoms with Crippen molar-refractivity contribution in [3.63, 3.8) is 0 Å². The van der Waals surface area contributed by atoms with E-state index in [-0.39, 0.29) is 0 Å². The van der Waals surface area contributed by atoms with Gasteiger partial charge in [-0.15, -0.1) is 0 Å². The zero-order chi connectivity index (χ0) is 13.0. The molecule has 1 aromatic carbocycles. The van der Waals surface area contributed by atoms with Gasteiger partial charge in [-0.3, -0.25) is 4.90 Å². The van der Waals surface area contributed by atoms with Gasteiger partial charge in [0.25, 0.3) is 0 Å². The van der Waals surface area contributed by atoms with Crippen LogP contribution in [-0.4, -0.2) is 37.7 Å². The van der Waals surface area contributed by atoms with Crippen LogP contribution in [0.4, 0.5) is 0 Å². The number of nitrogens with zero attached hydrogens (tertiary/aromatic N) is 1. The lowest BCUT2D eigenvalue weighted by molar-refractivity contribution is 0.0174. The monoisotopic (exact) mass is 249 g/mol. The number of rotatable bonds is 6. The molecule has 1 saturated heterocycles. The van der Waals surface area contributed by atoms with Gasteiger partial charge in [-0.05, 0) is 31.0 Å². The van der Waals surface area contributed by atoms with Crippen LogP contribution in [0.5, 0.6) is 11.5 Å². The van der Waals surface area contributed by atoms with E-state index >= 15 is 0 Å². The first kappa shape index (κ1) is 13.2. The third-order valence-electron chi connectivity index (χ3n) is 3.29. The van der Waals surface area contributed by atoms with Crippen molar-refractivity contribution < 1.29 is 9.47 Å². The van der Waals surface area contributed by atoms with Gasteiger partial charge in [0.1, 0.15) is 17.6 Å². The summed E-state index contributed by atoms with van der Waals surface area (Å²) in [5.74, 6) is 2.54. The number of methoxy groups -OCH3 is 1. The molecule has 0 saturated carbocycles. The molecule has 0 bridgehead atoms. The minimum Gasteiger partial charge on any atom is -0.497 e. The van der Waals surface area contributed by atoms with Gasteiger partial charge in [0.15, 0.2) is 0 Å². The van der Waals surface area contributed by atoms with Crippen molar-refractivity contribution in [2.75, 3.05) is 26.7 Å². The molecule has 3 heteroatoms. The molecular weight excluding hydrogens is 226 g/mol. The zero-order valence-corrected chi connectivity index (χ0v) is 11.6. The second kappa shape index (κ2) is 6.10. The molecule has 1 fully saturated rings. The van der Waals surface area contributed by atoms with Gasteiger partial charge in [-0.1, -0.05) is 19.9 Å². The molecule has 0 radical (unpaired) electrons. The van der Waals surface area contributed by atoms with E-state index < -0.39 is 0 Å². The fourth-order valence-corrected chi connectivity index (χ4v) is 2.09. The Kier molecular flexibility index (Phi) is 4.48. The Morgan fingerprint density at radius 3 is 2.67 bits per heavy atom. The predicted octanol–water partition coefficient (Wildman–Crippen LogP) is 2.80. The van der Waals surface area contributed by atoms with E-state index in [4.69, 9.17) is 9.47 Å². The van der Waals surface area contributed by atoms with Gasteiger partial charge in [-0.25, -0.2) is 0 Å². The summed E-state index contributed by atoms with van der Waals surface area (Å²) >= 11 is 0. The maximum atomic E-state index is 5.91. The lowest BCUT2D eigenvalue weighted by Gasteiger charge is -2.39. The zero-order valence-electron chi connectivity index (χ0n) is 11.6. The quantitative estimate of drug-likeness (QED) is 0.774. The number of likely N-dealkylation sites (tertiary alicyclic amines) is 1. The molecule has 1 heterocycles. The van der Waals surface area contributed by atoms with Gasteiger partial charge in [-0.2, -0.15) is 0 Å². The van der Waals surface area contributed by atoms with Crippen LogP contribution in [0.25, 0.3) is 0 Å². The highest BCUT2D eigenvalue weighted by Crippen LogP contribution is 2.22. The summed E-state index contributed by atoms with van der Waals surface area (Å²) in [4.78, 5) is 2.45. The first-order valence-electron chi connectivity index (χ1n) is 6.70. The van der Waals surface area contributed by atoms with Crippen LogP contribution in [0.15, 0.2) is 24.3 Å². The van der Waals surface area contributed by atoms with Gasteiger partial charge < -0.3 is 9.47 Å². The van der Waals surface area contributed by atoms with Crippen molar-refractivity contribution in [3.05, 3.63) is 24.3 Å². The largest absolute Gasteiger partial charge is 0.497 e. The molecular formula is C15H23NO2. The van der Waals surface area contributed by atoms with E-state index in [1.54, 1.807) is 7.11 Å². The first-order valence-corrected chi connectivity index (χ1v) is 6.70. The summed E-state index contributed by atoms with van der Waals surface area (Å²) in [6.45, 7) is 7.82. The Labute approximate surface area is 110 Å². The van der Waals surface area contributed by atoms with Crippen molar-refractivity contribution in [3.8, 4) is 11.5 Å². The molecule has 0 aliphatic carbocycles. The summed E-state index contributed by atoms with van der Waals surface area (Å²) < 4.78 is 11.1. The standard InChI is InChI=1S/C15H23NO2/c1-12(2)7-8-16-10-15(11-16)18-14-6-4-5-13(9-14)17-3/h4-6,9,12,15H,7-8,10-11H2,1-3H3. The van der Waals surface area contributed by atoms with Crippen molar-refractivity contribution in [2.45, 2.75) is 26.4 Å².